The van der Waals surface area contributed by atoms with Gasteiger partial charge in [-0.25, -0.2) is 15.0 Å². The molecule has 0 fully saturated rings. The fourth-order valence-electron chi connectivity index (χ4n) is 3.13. The van der Waals surface area contributed by atoms with Crippen molar-refractivity contribution in [1.82, 2.24) is 25.1 Å². The molecule has 4 rings (SSSR count). The van der Waals surface area contributed by atoms with Gasteiger partial charge in [0.05, 0.1) is 18.1 Å². The number of rotatable bonds is 7. The van der Waals surface area contributed by atoms with E-state index in [1.807, 2.05) is 37.4 Å². The lowest BCUT2D eigenvalue weighted by Gasteiger charge is -2.13. The van der Waals surface area contributed by atoms with Gasteiger partial charge in [0, 0.05) is 25.8 Å². The van der Waals surface area contributed by atoms with Crippen LogP contribution in [0.15, 0.2) is 72.1 Å². The zero-order valence-corrected chi connectivity index (χ0v) is 17.7. The largest absolute Gasteiger partial charge is 0.368 e. The Kier molecular flexibility index (Phi) is 6.37. The van der Waals surface area contributed by atoms with Crippen molar-refractivity contribution >= 4 is 28.5 Å². The molecule has 0 amide bonds. The molecule has 158 valence electrons. The van der Waals surface area contributed by atoms with Crippen LogP contribution >= 0.6 is 0 Å². The minimum absolute atomic E-state index is 0.595. The van der Waals surface area contributed by atoms with Crippen LogP contribution in [0.4, 0.5) is 11.5 Å². The van der Waals surface area contributed by atoms with E-state index in [0.29, 0.717) is 19.6 Å². The van der Waals surface area contributed by atoms with Crippen molar-refractivity contribution in [2.45, 2.75) is 13.5 Å². The Labute approximate surface area is 181 Å². The van der Waals surface area contributed by atoms with E-state index in [2.05, 4.69) is 62.2 Å². The Bertz CT molecular complexity index is 1150. The molecule has 2 heterocycles. The Hall–Kier alpha value is -3.94. The van der Waals surface area contributed by atoms with Gasteiger partial charge in [0.1, 0.15) is 12.1 Å². The molecule has 4 aromatic rings. The van der Waals surface area contributed by atoms with Gasteiger partial charge in [0.15, 0.2) is 11.6 Å². The summed E-state index contributed by atoms with van der Waals surface area (Å²) in [4.78, 5) is 13.4. The van der Waals surface area contributed by atoms with E-state index in [1.54, 1.807) is 17.2 Å². The van der Waals surface area contributed by atoms with Gasteiger partial charge in [-0.1, -0.05) is 48.0 Å². The molecule has 0 unspecified atom stereocenters. The molecule has 8 nitrogen and oxygen atoms in total. The Morgan fingerprint density at radius 2 is 1.81 bits per heavy atom. The predicted octanol–water partition coefficient (Wildman–Crippen LogP) is 3.34. The summed E-state index contributed by atoms with van der Waals surface area (Å²) in [5.74, 6) is 1.50. The number of nitrogens with one attached hydrogen (secondary N) is 3. The van der Waals surface area contributed by atoms with Crippen molar-refractivity contribution in [1.29, 1.82) is 0 Å². The summed E-state index contributed by atoms with van der Waals surface area (Å²) < 4.78 is 1.74. The third-order valence-electron chi connectivity index (χ3n) is 4.82. The van der Waals surface area contributed by atoms with E-state index in [9.17, 15) is 0 Å². The maximum absolute atomic E-state index is 4.74. The number of hydrogen-bond acceptors (Lipinski definition) is 5. The molecule has 2 aromatic carbocycles. The number of fused-ring (bicyclic) bond motifs is 1. The minimum Gasteiger partial charge on any atom is -0.368 e. The van der Waals surface area contributed by atoms with E-state index in [1.165, 1.54) is 5.56 Å². The van der Waals surface area contributed by atoms with Gasteiger partial charge in [0.25, 0.3) is 0 Å². The van der Waals surface area contributed by atoms with Gasteiger partial charge in [0.2, 0.25) is 0 Å². The van der Waals surface area contributed by atoms with Crippen LogP contribution in [-0.4, -0.2) is 38.8 Å². The molecule has 0 spiro atoms. The number of guanidine groups is 1. The molecule has 0 aliphatic heterocycles. The first-order valence-corrected chi connectivity index (χ1v) is 10.2. The molecule has 0 saturated carbocycles. The number of anilines is 2. The molecule has 3 N–H and O–H groups in total. The number of nitrogens with zero attached hydrogens (tertiary/aromatic N) is 5. The van der Waals surface area contributed by atoms with Crippen molar-refractivity contribution in [2.75, 3.05) is 23.7 Å². The summed E-state index contributed by atoms with van der Waals surface area (Å²) in [7, 11) is 1.87. The molecule has 0 saturated heterocycles. The van der Waals surface area contributed by atoms with Crippen LogP contribution in [0.3, 0.4) is 0 Å². The maximum Gasteiger partial charge on any atom is 0.196 e. The van der Waals surface area contributed by atoms with Crippen LogP contribution in [0.1, 0.15) is 11.1 Å². The zero-order chi connectivity index (χ0) is 21.5. The normalized spacial score (nSPS) is 11.5. The fourth-order valence-corrected chi connectivity index (χ4v) is 3.13. The highest BCUT2D eigenvalue weighted by Crippen LogP contribution is 2.17. The monoisotopic (exact) mass is 414 g/mol. The van der Waals surface area contributed by atoms with Gasteiger partial charge in [-0.2, -0.15) is 5.10 Å². The topological polar surface area (TPSA) is 92.1 Å². The van der Waals surface area contributed by atoms with E-state index >= 15 is 0 Å². The molecule has 31 heavy (non-hydrogen) atoms. The summed E-state index contributed by atoms with van der Waals surface area (Å²) in [5.41, 5.74) is 4.19. The minimum atomic E-state index is 0.595. The van der Waals surface area contributed by atoms with Crippen LogP contribution < -0.4 is 16.0 Å². The first-order valence-electron chi connectivity index (χ1n) is 10.2. The van der Waals surface area contributed by atoms with Gasteiger partial charge < -0.3 is 16.0 Å². The van der Waals surface area contributed by atoms with Crippen LogP contribution in [0.2, 0.25) is 0 Å². The Balaban J connectivity index is 1.39. The number of hydrogen-bond donors (Lipinski definition) is 3. The molecule has 2 aromatic heterocycles. The fraction of sp³-hybridized carbons (Fsp3) is 0.217. The van der Waals surface area contributed by atoms with Gasteiger partial charge in [-0.15, -0.1) is 0 Å². The first-order chi connectivity index (χ1) is 15.2. The predicted molar refractivity (Wildman–Crippen MR) is 125 cm³/mol. The average molecular weight is 415 g/mol. The maximum atomic E-state index is 4.74. The number of aliphatic imine (C=N–C) groups is 1. The van der Waals surface area contributed by atoms with Crippen molar-refractivity contribution < 1.29 is 0 Å². The highest BCUT2D eigenvalue weighted by atomic mass is 15.3. The van der Waals surface area contributed by atoms with Crippen LogP contribution in [0.25, 0.3) is 11.0 Å². The highest BCUT2D eigenvalue weighted by Gasteiger charge is 2.07. The van der Waals surface area contributed by atoms with Crippen LogP contribution in [-0.2, 0) is 13.6 Å². The van der Waals surface area contributed by atoms with Crippen molar-refractivity contribution in [3.8, 4) is 0 Å². The van der Waals surface area contributed by atoms with Gasteiger partial charge in [-0.05, 0) is 24.6 Å². The lowest BCUT2D eigenvalue weighted by molar-refractivity contribution is 0.785. The van der Waals surface area contributed by atoms with E-state index in [0.717, 1.165) is 34.1 Å². The Morgan fingerprint density at radius 1 is 1.00 bits per heavy atom. The number of para-hydroxylation sites is 1. The standard InChI is InChI=1S/C23H26N8/c1-17-8-10-18(11-9-17)14-26-23(30-19-6-4-3-5-7-19)25-13-12-24-21-20-15-29-31(2)22(20)28-16-27-21/h3-11,15-16H,12-14H2,1-2H3,(H,24,27,28)(H2,25,26,30). The SMILES string of the molecule is Cc1ccc(CN=C(NCCNc2ncnc3c2cnn3C)Nc2ccccc2)cc1. The summed E-state index contributed by atoms with van der Waals surface area (Å²) >= 11 is 0. The van der Waals surface area contributed by atoms with Gasteiger partial charge >= 0.3 is 0 Å². The molecular weight excluding hydrogens is 388 g/mol. The second-order valence-corrected chi connectivity index (χ2v) is 7.22. The smallest absolute Gasteiger partial charge is 0.196 e. The third-order valence-corrected chi connectivity index (χ3v) is 4.82. The van der Waals surface area contributed by atoms with Gasteiger partial charge in [-0.3, -0.25) is 4.68 Å². The van der Waals surface area contributed by atoms with E-state index in [4.69, 9.17) is 4.99 Å². The van der Waals surface area contributed by atoms with E-state index < -0.39 is 0 Å². The number of benzene rings is 2. The Morgan fingerprint density at radius 3 is 2.61 bits per heavy atom. The summed E-state index contributed by atoms with van der Waals surface area (Å²) in [6, 6.07) is 18.4. The molecule has 0 aliphatic carbocycles. The lowest BCUT2D eigenvalue weighted by atomic mass is 10.1. The molecule has 0 bridgehead atoms. The second kappa shape index (κ2) is 9.71. The molecule has 0 atom stereocenters. The first kappa shape index (κ1) is 20.3. The third kappa shape index (κ3) is 5.36. The van der Waals surface area contributed by atoms with Crippen LogP contribution in [0.5, 0.6) is 0 Å². The zero-order valence-electron chi connectivity index (χ0n) is 17.7. The van der Waals surface area contributed by atoms with Crippen LogP contribution in [0, 0.1) is 6.92 Å². The highest BCUT2D eigenvalue weighted by molar-refractivity contribution is 5.93. The molecule has 8 heteroatoms. The molecular formula is C23H26N8. The molecule has 0 radical (unpaired) electrons. The summed E-state index contributed by atoms with van der Waals surface area (Å²) in [5, 5.41) is 15.3. The quantitative estimate of drug-likeness (QED) is 0.244. The number of aryl methyl sites for hydroxylation is 2. The second-order valence-electron chi connectivity index (χ2n) is 7.22. The summed E-state index contributed by atoms with van der Waals surface area (Å²) in [6.07, 6.45) is 3.32. The van der Waals surface area contributed by atoms with Crippen molar-refractivity contribution in [3.63, 3.8) is 0 Å². The average Bonchev–Trinajstić information content (AvgIpc) is 3.18. The summed E-state index contributed by atoms with van der Waals surface area (Å²) in [6.45, 7) is 4.01. The molecule has 0 aliphatic rings. The van der Waals surface area contributed by atoms with Crippen molar-refractivity contribution in [3.05, 3.63) is 78.2 Å². The lowest BCUT2D eigenvalue weighted by Crippen LogP contribution is -2.34. The number of aromatic nitrogens is 4. The van der Waals surface area contributed by atoms with Crippen molar-refractivity contribution in [2.24, 2.45) is 12.0 Å². The van der Waals surface area contributed by atoms with E-state index in [-0.39, 0.29) is 0 Å².